The molecule has 0 fully saturated rings. The van der Waals surface area contributed by atoms with Crippen LogP contribution in [0.3, 0.4) is 0 Å². The number of unbranched alkanes of at least 4 members (excludes halogenated alkanes) is 9. The predicted octanol–water partition coefficient (Wildman–Crippen LogP) is 10.4. The molecule has 0 aromatic rings. The first-order valence-electron chi connectivity index (χ1n) is 12.9. The zero-order chi connectivity index (χ0) is 23.8. The van der Waals surface area contributed by atoms with Gasteiger partial charge in [0.25, 0.3) is 0 Å². The van der Waals surface area contributed by atoms with E-state index in [9.17, 15) is 0 Å². The van der Waals surface area contributed by atoms with Gasteiger partial charge in [0.05, 0.1) is 0 Å². The van der Waals surface area contributed by atoms with Crippen LogP contribution in [0.15, 0.2) is 33.4 Å². The number of rotatable bonds is 10. The van der Waals surface area contributed by atoms with Gasteiger partial charge in [-0.05, 0) is 0 Å². The van der Waals surface area contributed by atoms with E-state index in [1.165, 1.54) is 91.2 Å². The molecule has 1 N–H and O–H groups in total. The molecular weight excluding hydrogens is 422 g/mol. The first-order chi connectivity index (χ1) is 14.7. The molecule has 32 heavy (non-hydrogen) atoms. The van der Waals surface area contributed by atoms with E-state index in [0.717, 1.165) is 6.42 Å². The van der Waals surface area contributed by atoms with Crippen LogP contribution < -0.4 is 0 Å². The SMILES string of the molecule is CC1=[C-]C(C)C(C)=C1C.CC1=[C-]C(C)C(C)=C1C.CCCCCCCCCCCC[NH-].[Ti+3]. The predicted molar refractivity (Wildman–Crippen MR) is 141 cm³/mol. The second kappa shape index (κ2) is 20.0. The molecule has 2 unspecified atom stereocenters. The van der Waals surface area contributed by atoms with Crippen LogP contribution in [0.2, 0.25) is 0 Å². The Hall–Kier alpha value is -0.366. The summed E-state index contributed by atoms with van der Waals surface area (Å²) in [7, 11) is 0. The molecule has 0 aliphatic heterocycles. The molecule has 2 rings (SSSR count). The summed E-state index contributed by atoms with van der Waals surface area (Å²) < 4.78 is 0. The minimum atomic E-state index is 0. The molecule has 2 atom stereocenters. The molecule has 0 aromatic carbocycles. The van der Waals surface area contributed by atoms with Gasteiger partial charge in [-0.1, -0.05) is 125 Å². The summed E-state index contributed by atoms with van der Waals surface area (Å²) in [5.41, 5.74) is 15.5. The van der Waals surface area contributed by atoms with Crippen molar-refractivity contribution in [2.24, 2.45) is 11.8 Å². The molecule has 1 radical (unpaired) electrons. The van der Waals surface area contributed by atoms with Crippen molar-refractivity contribution in [2.75, 3.05) is 6.54 Å². The van der Waals surface area contributed by atoms with Crippen LogP contribution in [0.25, 0.3) is 5.73 Å². The molecule has 2 heteroatoms. The molecule has 0 spiro atoms. The van der Waals surface area contributed by atoms with Gasteiger partial charge in [-0.2, -0.15) is 28.8 Å². The van der Waals surface area contributed by atoms with E-state index in [4.69, 9.17) is 5.73 Å². The molecule has 1 nitrogen and oxygen atoms in total. The first kappa shape index (κ1) is 33.8. The topological polar surface area (TPSA) is 23.8 Å². The van der Waals surface area contributed by atoms with Crippen molar-refractivity contribution in [3.8, 4) is 0 Å². The van der Waals surface area contributed by atoms with Crippen molar-refractivity contribution >= 4 is 0 Å². The number of allylic oxidation sites excluding steroid dienone is 8. The summed E-state index contributed by atoms with van der Waals surface area (Å²) >= 11 is 0. The van der Waals surface area contributed by atoms with E-state index in [1.807, 2.05) is 0 Å². The van der Waals surface area contributed by atoms with Crippen molar-refractivity contribution in [1.82, 2.24) is 0 Å². The molecule has 0 amide bonds. The van der Waals surface area contributed by atoms with Crippen molar-refractivity contribution in [1.29, 1.82) is 0 Å². The quantitative estimate of drug-likeness (QED) is 0.171. The number of nitrogens with one attached hydrogen (secondary N) is 1. The maximum absolute atomic E-state index is 7.00. The molecule has 181 valence electrons. The molecule has 2 aliphatic carbocycles. The minimum Gasteiger partial charge on any atom is -0.677 e. The fourth-order valence-electron chi connectivity index (χ4n) is 3.94. The first-order valence-corrected chi connectivity index (χ1v) is 12.9. The molecule has 2 aliphatic rings. The zero-order valence-electron chi connectivity index (χ0n) is 22.9. The van der Waals surface area contributed by atoms with E-state index in [-0.39, 0.29) is 21.7 Å². The average Bonchev–Trinajstić information content (AvgIpc) is 3.10. The minimum absolute atomic E-state index is 0. The van der Waals surface area contributed by atoms with Gasteiger partial charge >= 0.3 is 21.7 Å². The van der Waals surface area contributed by atoms with E-state index in [0.29, 0.717) is 18.4 Å². The van der Waals surface area contributed by atoms with Crippen LogP contribution in [0.4, 0.5) is 0 Å². The van der Waals surface area contributed by atoms with Crippen molar-refractivity contribution in [3.05, 3.63) is 51.3 Å². The Bertz CT molecular complexity index is 567. The van der Waals surface area contributed by atoms with Crippen LogP contribution in [-0.4, -0.2) is 6.54 Å². The number of hydrogen-bond acceptors (Lipinski definition) is 0. The van der Waals surface area contributed by atoms with Crippen molar-refractivity contribution in [2.45, 2.75) is 127 Å². The average molecular weight is 475 g/mol. The van der Waals surface area contributed by atoms with Crippen LogP contribution in [-0.2, 0) is 21.7 Å². The largest absolute Gasteiger partial charge is 3.00 e. The van der Waals surface area contributed by atoms with E-state index >= 15 is 0 Å². The third-order valence-electron chi connectivity index (χ3n) is 7.00. The van der Waals surface area contributed by atoms with Crippen LogP contribution >= 0.6 is 0 Å². The number of hydrogen-bond donors (Lipinski definition) is 0. The Morgan fingerprint density at radius 1 is 0.594 bits per heavy atom. The van der Waals surface area contributed by atoms with Gasteiger partial charge in [0.1, 0.15) is 0 Å². The summed E-state index contributed by atoms with van der Waals surface area (Å²) in [6.07, 6.45) is 20.3. The Labute approximate surface area is 217 Å². The second-order valence-corrected chi connectivity index (χ2v) is 9.53. The van der Waals surface area contributed by atoms with Crippen LogP contribution in [0.5, 0.6) is 0 Å². The van der Waals surface area contributed by atoms with Gasteiger partial charge in [-0.15, -0.1) is 13.8 Å². The third kappa shape index (κ3) is 14.0. The van der Waals surface area contributed by atoms with Crippen molar-refractivity contribution in [3.63, 3.8) is 0 Å². The Morgan fingerprint density at radius 3 is 1.09 bits per heavy atom. The molecule has 0 heterocycles. The van der Waals surface area contributed by atoms with Gasteiger partial charge in [0.15, 0.2) is 0 Å². The standard InChI is InChI=1S/C12H26N.2C9H13.Ti/c1-2-3-4-5-6-7-8-9-10-11-12-13;2*1-6-5-7(2)9(4)8(6)3;/h13H,2-12H2,1H3;2*6H,1-4H3;/q3*-1;+3. The zero-order valence-corrected chi connectivity index (χ0v) is 24.5. The van der Waals surface area contributed by atoms with E-state index < -0.39 is 0 Å². The molecule has 0 saturated carbocycles. The second-order valence-electron chi connectivity index (χ2n) is 9.53. The third-order valence-corrected chi connectivity index (χ3v) is 7.00. The van der Waals surface area contributed by atoms with Crippen LogP contribution in [0, 0.1) is 24.0 Å². The van der Waals surface area contributed by atoms with Crippen molar-refractivity contribution < 1.29 is 21.7 Å². The van der Waals surface area contributed by atoms with Gasteiger partial charge in [0, 0.05) is 0 Å². The van der Waals surface area contributed by atoms with Gasteiger partial charge in [-0.25, -0.2) is 11.1 Å². The van der Waals surface area contributed by atoms with E-state index in [1.54, 1.807) is 0 Å². The normalized spacial score (nSPS) is 19.6. The molecule has 0 bridgehead atoms. The molecule has 0 saturated heterocycles. The Balaban J connectivity index is 0. The summed E-state index contributed by atoms with van der Waals surface area (Å²) in [4.78, 5) is 0. The Morgan fingerprint density at radius 2 is 0.906 bits per heavy atom. The fraction of sp³-hybridized carbons (Fsp3) is 0.733. The van der Waals surface area contributed by atoms with E-state index in [2.05, 4.69) is 74.5 Å². The summed E-state index contributed by atoms with van der Waals surface area (Å²) in [5.74, 6) is 1.12. The molecular formula is C30H52NTi. The smallest absolute Gasteiger partial charge is 0.677 e. The van der Waals surface area contributed by atoms with Gasteiger partial charge in [-0.3, -0.25) is 12.2 Å². The van der Waals surface area contributed by atoms with Crippen LogP contribution in [0.1, 0.15) is 127 Å². The summed E-state index contributed by atoms with van der Waals surface area (Å²) in [6.45, 7) is 20.2. The maximum atomic E-state index is 7.00. The van der Waals surface area contributed by atoms with Gasteiger partial charge < -0.3 is 5.73 Å². The Kier molecular flexibility index (Phi) is 21.2. The molecule has 0 aromatic heterocycles. The van der Waals surface area contributed by atoms with Gasteiger partial charge in [0.2, 0.25) is 0 Å². The maximum Gasteiger partial charge on any atom is 3.00 e. The summed E-state index contributed by atoms with van der Waals surface area (Å²) in [5, 5.41) is 0. The summed E-state index contributed by atoms with van der Waals surface area (Å²) in [6, 6.07) is 0. The monoisotopic (exact) mass is 474 g/mol. The fourth-order valence-corrected chi connectivity index (χ4v) is 3.94.